The van der Waals surface area contributed by atoms with Crippen molar-refractivity contribution in [2.75, 3.05) is 24.8 Å². The van der Waals surface area contributed by atoms with Gasteiger partial charge in [-0.2, -0.15) is 0 Å². The Kier molecular flexibility index (Phi) is 4.89. The minimum Gasteiger partial charge on any atom is -0.502 e. The molecule has 0 spiro atoms. The fourth-order valence-corrected chi connectivity index (χ4v) is 4.15. The number of hydrogen-bond donors (Lipinski definition) is 1. The first-order chi connectivity index (χ1) is 15.5. The van der Waals surface area contributed by atoms with Crippen LogP contribution in [-0.2, 0) is 0 Å². The van der Waals surface area contributed by atoms with Gasteiger partial charge in [-0.05, 0) is 29.8 Å². The smallest absolute Gasteiger partial charge is 0.278 e. The van der Waals surface area contributed by atoms with Gasteiger partial charge in [-0.25, -0.2) is 4.39 Å². The molecule has 162 valence electrons. The van der Waals surface area contributed by atoms with Gasteiger partial charge in [0.05, 0.1) is 0 Å². The summed E-state index contributed by atoms with van der Waals surface area (Å²) in [6.45, 7) is 0.652. The number of nitrogens with zero attached hydrogens (tertiary/aromatic N) is 3. The molecule has 32 heavy (non-hydrogen) atoms. The summed E-state index contributed by atoms with van der Waals surface area (Å²) < 4.78 is 21.9. The van der Waals surface area contributed by atoms with E-state index in [9.17, 15) is 19.1 Å². The lowest BCUT2D eigenvalue weighted by atomic mass is 9.96. The second kappa shape index (κ2) is 7.88. The average molecular weight is 433 g/mol. The minimum atomic E-state index is -0.641. The molecule has 0 aliphatic carbocycles. The molecule has 1 amide bonds. The number of halogens is 1. The monoisotopic (exact) mass is 433 g/mol. The van der Waals surface area contributed by atoms with E-state index in [2.05, 4.69) is 0 Å². The van der Waals surface area contributed by atoms with Gasteiger partial charge in [0.1, 0.15) is 30.9 Å². The lowest BCUT2D eigenvalue weighted by molar-refractivity contribution is 0.0701. The molecule has 2 aliphatic rings. The molecule has 1 N–H and O–H groups in total. The Morgan fingerprint density at radius 3 is 2.66 bits per heavy atom. The molecule has 7 nitrogen and oxygen atoms in total. The van der Waals surface area contributed by atoms with Gasteiger partial charge >= 0.3 is 0 Å². The second-order valence-electron chi connectivity index (χ2n) is 7.61. The Hall–Kier alpha value is -4.07. The Morgan fingerprint density at radius 1 is 1.03 bits per heavy atom. The molecular weight excluding hydrogens is 413 g/mol. The van der Waals surface area contributed by atoms with Gasteiger partial charge in [0.25, 0.3) is 5.91 Å². The zero-order valence-corrected chi connectivity index (χ0v) is 17.0. The van der Waals surface area contributed by atoms with E-state index in [0.29, 0.717) is 11.3 Å². The predicted octanol–water partition coefficient (Wildman–Crippen LogP) is 2.78. The van der Waals surface area contributed by atoms with Crippen molar-refractivity contribution >= 4 is 5.91 Å². The third-order valence-corrected chi connectivity index (χ3v) is 5.64. The molecule has 8 heteroatoms. The van der Waals surface area contributed by atoms with Crippen molar-refractivity contribution in [3.05, 3.63) is 106 Å². The van der Waals surface area contributed by atoms with Crippen LogP contribution in [0.25, 0.3) is 0 Å². The maximum absolute atomic E-state index is 14.4. The van der Waals surface area contributed by atoms with E-state index >= 15 is 0 Å². The van der Waals surface area contributed by atoms with E-state index in [4.69, 9.17) is 4.74 Å². The summed E-state index contributed by atoms with van der Waals surface area (Å²) in [6.07, 6.45) is 5.02. The molecule has 0 unspecified atom stereocenters. The van der Waals surface area contributed by atoms with Crippen molar-refractivity contribution in [1.29, 1.82) is 0 Å². The van der Waals surface area contributed by atoms with Crippen molar-refractivity contribution in [1.82, 2.24) is 9.58 Å². The minimum absolute atomic E-state index is 0.129. The van der Waals surface area contributed by atoms with E-state index in [1.165, 1.54) is 34.0 Å². The van der Waals surface area contributed by atoms with Gasteiger partial charge in [0.2, 0.25) is 5.43 Å². The van der Waals surface area contributed by atoms with Crippen LogP contribution in [0.3, 0.4) is 0 Å². The highest BCUT2D eigenvalue weighted by molar-refractivity contribution is 5.96. The highest BCUT2D eigenvalue weighted by atomic mass is 19.1. The Morgan fingerprint density at radius 2 is 1.84 bits per heavy atom. The van der Waals surface area contributed by atoms with Gasteiger partial charge in [0.15, 0.2) is 11.4 Å². The fourth-order valence-electron chi connectivity index (χ4n) is 4.15. The number of aromatic nitrogens is 1. The third-order valence-electron chi connectivity index (χ3n) is 5.64. The summed E-state index contributed by atoms with van der Waals surface area (Å²) in [7, 11) is 0. The molecule has 2 bridgehead atoms. The van der Waals surface area contributed by atoms with Gasteiger partial charge < -0.3 is 14.7 Å². The number of rotatable bonds is 1. The van der Waals surface area contributed by atoms with Crippen molar-refractivity contribution < 1.29 is 19.0 Å². The summed E-state index contributed by atoms with van der Waals surface area (Å²) in [5.74, 6) is -1.00. The summed E-state index contributed by atoms with van der Waals surface area (Å²) in [4.78, 5) is 26.8. The topological polar surface area (TPSA) is 75.0 Å². The SMILES string of the molecule is O=C1c2c(O)c(=O)ccn2N2CN1C/C=C\COc1ccc(F)cc1[C@@H]2c1ccccc1. The van der Waals surface area contributed by atoms with Crippen LogP contribution in [0.1, 0.15) is 27.7 Å². The van der Waals surface area contributed by atoms with Crippen LogP contribution in [0, 0.1) is 5.82 Å². The number of amides is 1. The van der Waals surface area contributed by atoms with E-state index in [1.54, 1.807) is 18.2 Å². The molecule has 0 saturated carbocycles. The van der Waals surface area contributed by atoms with E-state index < -0.39 is 28.9 Å². The van der Waals surface area contributed by atoms with Gasteiger partial charge in [-0.3, -0.25) is 19.3 Å². The predicted molar refractivity (Wildman–Crippen MR) is 116 cm³/mol. The number of pyridine rings is 1. The van der Waals surface area contributed by atoms with Crippen molar-refractivity contribution in [3.63, 3.8) is 0 Å². The fraction of sp³-hybridized carbons (Fsp3) is 0.167. The number of carbonyl (C=O) groups is 1. The molecular formula is C24H20FN3O4. The standard InChI is InChI=1S/C24H20FN3O4/c25-17-8-9-20-18(14-17)21(16-6-2-1-3-7-16)28-15-26(11-4-5-13-32-20)24(31)22-23(30)19(29)10-12-27(22)28/h1-10,12,14,21,30H,11,13,15H2/b5-4-/t21-/m0/s1. The number of fused-ring (bicyclic) bond motifs is 5. The highest BCUT2D eigenvalue weighted by Gasteiger charge is 2.37. The number of hydrogen-bond acceptors (Lipinski definition) is 5. The second-order valence-corrected chi connectivity index (χ2v) is 7.61. The molecule has 3 heterocycles. The lowest BCUT2D eigenvalue weighted by Crippen LogP contribution is -2.55. The van der Waals surface area contributed by atoms with E-state index in [1.807, 2.05) is 35.3 Å². The Labute approximate surface area is 183 Å². The van der Waals surface area contributed by atoms with Gasteiger partial charge in [-0.1, -0.05) is 36.4 Å². The highest BCUT2D eigenvalue weighted by Crippen LogP contribution is 2.37. The summed E-state index contributed by atoms with van der Waals surface area (Å²) in [6, 6.07) is 14.4. The van der Waals surface area contributed by atoms with Crippen LogP contribution in [0.4, 0.5) is 4.39 Å². The third kappa shape index (κ3) is 3.30. The number of benzene rings is 2. The molecule has 2 aliphatic heterocycles. The van der Waals surface area contributed by atoms with Crippen molar-refractivity contribution in [3.8, 4) is 11.5 Å². The lowest BCUT2D eigenvalue weighted by Gasteiger charge is -2.43. The maximum atomic E-state index is 14.4. The van der Waals surface area contributed by atoms with Crippen LogP contribution in [-0.4, -0.2) is 40.4 Å². The van der Waals surface area contributed by atoms with Crippen molar-refractivity contribution in [2.45, 2.75) is 6.04 Å². The molecule has 5 rings (SSSR count). The molecule has 0 radical (unpaired) electrons. The first-order valence-electron chi connectivity index (χ1n) is 10.2. The number of ether oxygens (including phenoxy) is 1. The van der Waals surface area contributed by atoms with Gasteiger partial charge in [-0.15, -0.1) is 0 Å². The van der Waals surface area contributed by atoms with E-state index in [-0.39, 0.29) is 25.5 Å². The van der Waals surface area contributed by atoms with Crippen LogP contribution in [0.5, 0.6) is 11.5 Å². The first-order valence-corrected chi connectivity index (χ1v) is 10.2. The van der Waals surface area contributed by atoms with Gasteiger partial charge in [0, 0.05) is 24.4 Å². The zero-order chi connectivity index (χ0) is 22.2. The zero-order valence-electron chi connectivity index (χ0n) is 17.0. The Bertz CT molecular complexity index is 1270. The molecule has 0 fully saturated rings. The normalized spacial score (nSPS) is 18.8. The summed E-state index contributed by atoms with van der Waals surface area (Å²) >= 11 is 0. The molecule has 3 aromatic rings. The van der Waals surface area contributed by atoms with Crippen LogP contribution in [0.15, 0.2) is 77.7 Å². The van der Waals surface area contributed by atoms with Crippen molar-refractivity contribution in [2.24, 2.45) is 0 Å². The molecule has 1 atom stereocenters. The quantitative estimate of drug-likeness (QED) is 0.598. The number of carbonyl (C=O) groups excluding carboxylic acids is 1. The first kappa shape index (κ1) is 19.9. The maximum Gasteiger partial charge on any atom is 0.278 e. The summed E-state index contributed by atoms with van der Waals surface area (Å²) in [5, 5.41) is 12.3. The van der Waals surface area contributed by atoms with Crippen LogP contribution < -0.4 is 15.2 Å². The van der Waals surface area contributed by atoms with Crippen LogP contribution >= 0.6 is 0 Å². The Balaban J connectivity index is 1.81. The molecule has 1 aromatic heterocycles. The molecule has 0 saturated heterocycles. The number of aromatic hydroxyl groups is 1. The van der Waals surface area contributed by atoms with Crippen LogP contribution in [0.2, 0.25) is 0 Å². The largest absolute Gasteiger partial charge is 0.502 e. The molecule has 2 aromatic carbocycles. The average Bonchev–Trinajstić information content (AvgIpc) is 2.82. The summed E-state index contributed by atoms with van der Waals surface area (Å²) in [5.41, 5.74) is 0.618. The van der Waals surface area contributed by atoms with E-state index in [0.717, 1.165) is 5.56 Å².